The number of carbonyl (C=O) groups excluding carboxylic acids is 1. The second kappa shape index (κ2) is 10.2. The number of methoxy groups -OCH3 is 1. The average molecular weight is 480 g/mol. The molecule has 0 unspecified atom stereocenters. The van der Waals surface area contributed by atoms with Crippen molar-refractivity contribution in [1.82, 2.24) is 14.1 Å². The van der Waals surface area contributed by atoms with E-state index in [1.165, 1.54) is 10.4 Å². The van der Waals surface area contributed by atoms with Crippen molar-refractivity contribution in [3.05, 3.63) is 58.1 Å². The van der Waals surface area contributed by atoms with Crippen LogP contribution in [-0.2, 0) is 21.4 Å². The molecule has 2 aromatic rings. The number of halogens is 1. The maximum absolute atomic E-state index is 12.9. The molecule has 3 rings (SSSR count). The standard InChI is InChI=1S/C23H30ClN3O4S/c1-17-13-19(14-18(2)23(17)31-4)15-25(3)16-22(28)26-9-11-27(12-10-26)32(29,30)21-8-6-5-7-20(21)24/h5-8,13-14H,9-12,15-16H2,1-4H3. The number of sulfonamides is 1. The Morgan fingerprint density at radius 3 is 2.25 bits per heavy atom. The lowest BCUT2D eigenvalue weighted by molar-refractivity contribution is -0.133. The number of hydrogen-bond donors (Lipinski definition) is 0. The van der Waals surface area contributed by atoms with E-state index in [0.717, 1.165) is 22.4 Å². The first-order valence-corrected chi connectivity index (χ1v) is 12.3. The van der Waals surface area contributed by atoms with E-state index in [1.54, 1.807) is 30.2 Å². The van der Waals surface area contributed by atoms with Crippen LogP contribution < -0.4 is 4.74 Å². The van der Waals surface area contributed by atoms with Gasteiger partial charge in [-0.3, -0.25) is 9.69 Å². The van der Waals surface area contributed by atoms with Crippen molar-refractivity contribution in [1.29, 1.82) is 0 Å². The first-order chi connectivity index (χ1) is 15.1. The fourth-order valence-electron chi connectivity index (χ4n) is 4.12. The number of benzene rings is 2. The summed E-state index contributed by atoms with van der Waals surface area (Å²) >= 11 is 6.08. The Morgan fingerprint density at radius 2 is 1.69 bits per heavy atom. The summed E-state index contributed by atoms with van der Waals surface area (Å²) < 4.78 is 32.6. The van der Waals surface area contributed by atoms with Crippen molar-refractivity contribution in [2.75, 3.05) is 46.9 Å². The number of hydrogen-bond acceptors (Lipinski definition) is 5. The Labute approximate surface area is 195 Å². The highest BCUT2D eigenvalue weighted by Gasteiger charge is 2.31. The topological polar surface area (TPSA) is 70.2 Å². The first kappa shape index (κ1) is 24.5. The molecule has 174 valence electrons. The number of likely N-dealkylation sites (N-methyl/N-ethyl adjacent to an activating group) is 1. The van der Waals surface area contributed by atoms with Gasteiger partial charge in [-0.2, -0.15) is 4.31 Å². The van der Waals surface area contributed by atoms with Crippen LogP contribution in [0.1, 0.15) is 16.7 Å². The quantitative estimate of drug-likeness (QED) is 0.610. The molecule has 0 atom stereocenters. The number of ether oxygens (including phenoxy) is 1. The molecular weight excluding hydrogens is 450 g/mol. The third-order valence-electron chi connectivity index (χ3n) is 5.63. The van der Waals surface area contributed by atoms with Gasteiger partial charge in [-0.05, 0) is 49.7 Å². The van der Waals surface area contributed by atoms with Crippen molar-refractivity contribution in [2.24, 2.45) is 0 Å². The number of aryl methyl sites for hydroxylation is 2. The zero-order chi connectivity index (χ0) is 23.5. The number of carbonyl (C=O) groups is 1. The maximum atomic E-state index is 12.9. The molecule has 0 spiro atoms. The third kappa shape index (κ3) is 5.43. The van der Waals surface area contributed by atoms with Crippen molar-refractivity contribution < 1.29 is 17.9 Å². The predicted octanol–water partition coefficient (Wildman–Crippen LogP) is 2.93. The molecule has 0 aliphatic carbocycles. The molecule has 1 fully saturated rings. The molecule has 2 aromatic carbocycles. The van der Waals surface area contributed by atoms with Crippen LogP contribution in [0.25, 0.3) is 0 Å². The molecule has 7 nitrogen and oxygen atoms in total. The summed E-state index contributed by atoms with van der Waals surface area (Å²) in [4.78, 5) is 16.6. The molecule has 9 heteroatoms. The van der Waals surface area contributed by atoms with Gasteiger partial charge in [0.2, 0.25) is 15.9 Å². The fraction of sp³-hybridized carbons (Fsp3) is 0.435. The predicted molar refractivity (Wildman–Crippen MR) is 126 cm³/mol. The van der Waals surface area contributed by atoms with Gasteiger partial charge in [-0.15, -0.1) is 0 Å². The fourth-order valence-corrected chi connectivity index (χ4v) is 6.04. The molecule has 0 saturated carbocycles. The van der Waals surface area contributed by atoms with E-state index in [1.807, 2.05) is 25.8 Å². The van der Waals surface area contributed by atoms with Crippen LogP contribution in [0, 0.1) is 13.8 Å². The maximum Gasteiger partial charge on any atom is 0.244 e. The Morgan fingerprint density at radius 1 is 1.09 bits per heavy atom. The molecule has 1 aliphatic rings. The van der Waals surface area contributed by atoms with Crippen LogP contribution in [0.2, 0.25) is 5.02 Å². The van der Waals surface area contributed by atoms with E-state index >= 15 is 0 Å². The molecule has 1 heterocycles. The molecule has 1 saturated heterocycles. The van der Waals surface area contributed by atoms with E-state index < -0.39 is 10.0 Å². The van der Waals surface area contributed by atoms with Gasteiger partial charge in [0.25, 0.3) is 0 Å². The SMILES string of the molecule is COc1c(C)cc(CN(C)CC(=O)N2CCN(S(=O)(=O)c3ccccc3Cl)CC2)cc1C. The van der Waals surface area contributed by atoms with Gasteiger partial charge in [-0.25, -0.2) is 8.42 Å². The van der Waals surface area contributed by atoms with Gasteiger partial charge in [0.1, 0.15) is 10.6 Å². The number of amides is 1. The molecule has 0 bridgehead atoms. The van der Waals surface area contributed by atoms with Gasteiger partial charge in [-0.1, -0.05) is 35.9 Å². The summed E-state index contributed by atoms with van der Waals surface area (Å²) in [5.41, 5.74) is 3.25. The summed E-state index contributed by atoms with van der Waals surface area (Å²) in [6.07, 6.45) is 0. The zero-order valence-electron chi connectivity index (χ0n) is 19.0. The Kier molecular flexibility index (Phi) is 7.82. The Bertz CT molecular complexity index is 1060. The monoisotopic (exact) mass is 479 g/mol. The van der Waals surface area contributed by atoms with Crippen LogP contribution in [0.15, 0.2) is 41.3 Å². The zero-order valence-corrected chi connectivity index (χ0v) is 20.5. The summed E-state index contributed by atoms with van der Waals surface area (Å²) in [5, 5.41) is 0.205. The molecule has 1 amide bonds. The lowest BCUT2D eigenvalue weighted by Crippen LogP contribution is -2.52. The van der Waals surface area contributed by atoms with E-state index in [4.69, 9.17) is 16.3 Å². The van der Waals surface area contributed by atoms with Crippen molar-refractivity contribution in [3.63, 3.8) is 0 Å². The van der Waals surface area contributed by atoms with Crippen LogP contribution >= 0.6 is 11.6 Å². The lowest BCUT2D eigenvalue weighted by Gasteiger charge is -2.35. The minimum Gasteiger partial charge on any atom is -0.496 e. The second-order valence-electron chi connectivity index (χ2n) is 8.15. The largest absolute Gasteiger partial charge is 0.496 e. The van der Waals surface area contributed by atoms with Crippen molar-refractivity contribution in [3.8, 4) is 5.75 Å². The van der Waals surface area contributed by atoms with Crippen LogP contribution in [0.3, 0.4) is 0 Å². The van der Waals surface area contributed by atoms with Crippen LogP contribution in [0.5, 0.6) is 5.75 Å². The highest BCUT2D eigenvalue weighted by molar-refractivity contribution is 7.89. The van der Waals surface area contributed by atoms with Gasteiger partial charge in [0.15, 0.2) is 0 Å². The summed E-state index contributed by atoms with van der Waals surface area (Å²) in [7, 11) is -0.103. The van der Waals surface area contributed by atoms with E-state index in [0.29, 0.717) is 19.6 Å². The van der Waals surface area contributed by atoms with Crippen molar-refractivity contribution in [2.45, 2.75) is 25.3 Å². The molecule has 1 aliphatic heterocycles. The number of rotatable bonds is 7. The third-order valence-corrected chi connectivity index (χ3v) is 8.03. The van der Waals surface area contributed by atoms with Gasteiger partial charge < -0.3 is 9.64 Å². The minimum absolute atomic E-state index is 0.00996. The van der Waals surface area contributed by atoms with Gasteiger partial charge in [0.05, 0.1) is 18.7 Å². The molecule has 0 aromatic heterocycles. The summed E-state index contributed by atoms with van der Waals surface area (Å²) in [5.74, 6) is 0.876. The van der Waals surface area contributed by atoms with Crippen molar-refractivity contribution >= 4 is 27.5 Å². The highest BCUT2D eigenvalue weighted by Crippen LogP contribution is 2.26. The van der Waals surface area contributed by atoms with E-state index in [-0.39, 0.29) is 35.5 Å². The van der Waals surface area contributed by atoms with E-state index in [9.17, 15) is 13.2 Å². The summed E-state index contributed by atoms with van der Waals surface area (Å²) in [6.45, 7) is 6.14. The molecule has 0 N–H and O–H groups in total. The Balaban J connectivity index is 1.56. The number of piperazine rings is 1. The first-order valence-electron chi connectivity index (χ1n) is 10.5. The lowest BCUT2D eigenvalue weighted by atomic mass is 10.1. The second-order valence-corrected chi connectivity index (χ2v) is 10.5. The smallest absolute Gasteiger partial charge is 0.244 e. The van der Waals surface area contributed by atoms with E-state index in [2.05, 4.69) is 12.1 Å². The molecule has 0 radical (unpaired) electrons. The van der Waals surface area contributed by atoms with Gasteiger partial charge >= 0.3 is 0 Å². The Hall–Kier alpha value is -2.13. The number of nitrogens with zero attached hydrogens (tertiary/aromatic N) is 3. The summed E-state index contributed by atoms with van der Waals surface area (Å²) in [6, 6.07) is 10.6. The van der Waals surface area contributed by atoms with Gasteiger partial charge in [0, 0.05) is 32.7 Å². The van der Waals surface area contributed by atoms with Crippen LogP contribution in [0.4, 0.5) is 0 Å². The van der Waals surface area contributed by atoms with Crippen LogP contribution in [-0.4, -0.2) is 75.3 Å². The normalized spacial score (nSPS) is 15.2. The highest BCUT2D eigenvalue weighted by atomic mass is 35.5. The average Bonchev–Trinajstić information content (AvgIpc) is 2.73. The molecule has 32 heavy (non-hydrogen) atoms. The molecular formula is C23H30ClN3O4S. The minimum atomic E-state index is -3.68.